The zero-order valence-electron chi connectivity index (χ0n) is 8.89. The fourth-order valence-corrected chi connectivity index (χ4v) is 4.45. The Bertz CT molecular complexity index is 166. The van der Waals surface area contributed by atoms with Crippen molar-refractivity contribution in [2.24, 2.45) is 0 Å². The number of hydrogen-bond acceptors (Lipinski definition) is 4. The zero-order chi connectivity index (χ0) is 11.9. The first-order valence-corrected chi connectivity index (χ1v) is 8.82. The van der Waals surface area contributed by atoms with Gasteiger partial charge in [0.25, 0.3) is 9.28 Å². The molecule has 0 amide bonds. The minimum Gasteiger partial charge on any atom is -0.418 e. The maximum absolute atomic E-state index is 11.8. The number of alkyl halides is 3. The minimum absolute atomic E-state index is 0.361. The Morgan fingerprint density at radius 3 is 1.87 bits per heavy atom. The Hall–Kier alpha value is 0.0638. The number of hydrogen-bond donors (Lipinski definition) is 0. The van der Waals surface area contributed by atoms with Gasteiger partial charge in [0.1, 0.15) is 0 Å². The predicted molar refractivity (Wildman–Crippen MR) is 51.9 cm³/mol. The van der Waals surface area contributed by atoms with Crippen LogP contribution in [0.25, 0.3) is 0 Å². The highest BCUT2D eigenvalue weighted by molar-refractivity contribution is 7.12. The summed E-state index contributed by atoms with van der Waals surface area (Å²) in [7, 11) is 0.0636. The highest BCUT2D eigenvalue weighted by Crippen LogP contribution is 2.19. The summed E-state index contributed by atoms with van der Waals surface area (Å²) in [4.78, 5) is 0. The molecule has 0 saturated heterocycles. The summed E-state index contributed by atoms with van der Waals surface area (Å²) in [5, 5.41) is 0. The molecule has 0 aromatic carbocycles. The molecular weight excluding hydrogens is 249 g/mol. The molecule has 0 aromatic rings. The average Bonchev–Trinajstić information content (AvgIpc) is 2.18. The van der Waals surface area contributed by atoms with E-state index in [1.165, 1.54) is 21.3 Å². The van der Waals surface area contributed by atoms with Gasteiger partial charge in [-0.3, -0.25) is 0 Å². The van der Waals surface area contributed by atoms with E-state index < -0.39 is 30.2 Å². The average molecular weight is 264 g/mol. The van der Waals surface area contributed by atoms with Crippen molar-refractivity contribution in [2.75, 3.05) is 27.9 Å². The molecule has 0 rings (SSSR count). The first-order chi connectivity index (χ1) is 6.89. The zero-order valence-corrected chi connectivity index (χ0v) is 11.3. The van der Waals surface area contributed by atoms with E-state index in [1.54, 1.807) is 0 Å². The highest BCUT2D eigenvalue weighted by atomic mass is 29.2. The van der Waals surface area contributed by atoms with Gasteiger partial charge in [-0.25, -0.2) is 0 Å². The summed E-state index contributed by atoms with van der Waals surface area (Å²) in [5.41, 5.74) is 0. The molecule has 15 heavy (non-hydrogen) atoms. The van der Waals surface area contributed by atoms with Gasteiger partial charge in [-0.15, -0.1) is 0 Å². The summed E-state index contributed by atoms with van der Waals surface area (Å²) in [5.74, 6) is 0. The molecule has 92 valence electrons. The van der Waals surface area contributed by atoms with Crippen molar-refractivity contribution < 1.29 is 30.9 Å². The van der Waals surface area contributed by atoms with Gasteiger partial charge in [0, 0.05) is 27.9 Å². The van der Waals surface area contributed by atoms with Crippen molar-refractivity contribution >= 4 is 17.6 Å². The fraction of sp³-hybridized carbons (Fsp3) is 1.00. The second-order valence-electron chi connectivity index (χ2n) is 2.71. The predicted octanol–water partition coefficient (Wildman–Crippen LogP) is 0.414. The van der Waals surface area contributed by atoms with E-state index in [1.807, 2.05) is 0 Å². The van der Waals surface area contributed by atoms with Gasteiger partial charge in [0.2, 0.25) is 0 Å². The summed E-state index contributed by atoms with van der Waals surface area (Å²) >= 11 is 0. The lowest BCUT2D eigenvalue weighted by molar-refractivity contribution is -0.139. The van der Waals surface area contributed by atoms with Crippen molar-refractivity contribution in [1.29, 1.82) is 0 Å². The number of rotatable bonds is 7. The van der Waals surface area contributed by atoms with Gasteiger partial charge in [-0.2, -0.15) is 13.2 Å². The van der Waals surface area contributed by atoms with Crippen LogP contribution in [0.4, 0.5) is 13.2 Å². The third kappa shape index (κ3) is 6.27. The maximum Gasteiger partial charge on any atom is 0.494 e. The molecule has 0 fully saturated rings. The van der Waals surface area contributed by atoms with Crippen molar-refractivity contribution in [2.45, 2.75) is 12.6 Å². The van der Waals surface area contributed by atoms with Crippen molar-refractivity contribution in [1.82, 2.24) is 0 Å². The quantitative estimate of drug-likeness (QED) is 0.493. The van der Waals surface area contributed by atoms with Crippen LogP contribution in [0.5, 0.6) is 0 Å². The molecule has 0 aliphatic carbocycles. The van der Waals surface area contributed by atoms with E-state index in [-0.39, 0.29) is 6.61 Å². The van der Waals surface area contributed by atoms with Gasteiger partial charge in [0.15, 0.2) is 0 Å². The summed E-state index contributed by atoms with van der Waals surface area (Å²) in [6, 6.07) is 0. The minimum atomic E-state index is -4.19. The number of halogens is 3. The lowest BCUT2D eigenvalue weighted by Gasteiger charge is -2.23. The molecule has 0 aliphatic heterocycles. The van der Waals surface area contributed by atoms with Crippen LogP contribution in [0, 0.1) is 0 Å². The topological polar surface area (TPSA) is 36.9 Å². The van der Waals surface area contributed by atoms with Crippen LogP contribution >= 0.6 is 0 Å². The SMILES string of the molecule is CO[Si](OC)(OC)[SiH2]OCCC(F)(F)F. The molecular formula is C6H15F3O4Si2. The van der Waals surface area contributed by atoms with Gasteiger partial charge < -0.3 is 17.7 Å². The third-order valence-electron chi connectivity index (χ3n) is 1.74. The Kier molecular flexibility index (Phi) is 6.63. The van der Waals surface area contributed by atoms with Crippen molar-refractivity contribution in [3.63, 3.8) is 0 Å². The Morgan fingerprint density at radius 2 is 1.53 bits per heavy atom. The standard InChI is InChI=1S/C6H15F3O4Si2/c1-10-15(11-2,12-3)14-13-5-4-6(7,8)9/h4-5,14H2,1-3H3. The van der Waals surface area contributed by atoms with E-state index in [9.17, 15) is 13.2 Å². The maximum atomic E-state index is 11.8. The second-order valence-corrected chi connectivity index (χ2v) is 9.46. The third-order valence-corrected chi connectivity index (χ3v) is 8.73. The molecule has 0 heterocycles. The summed E-state index contributed by atoms with van der Waals surface area (Å²) < 4.78 is 55.3. The van der Waals surface area contributed by atoms with Gasteiger partial charge >= 0.3 is 14.5 Å². The van der Waals surface area contributed by atoms with Crippen LogP contribution in [-0.4, -0.2) is 51.7 Å². The normalized spacial score (nSPS) is 14.0. The molecule has 0 aliphatic rings. The van der Waals surface area contributed by atoms with Gasteiger partial charge in [-0.1, -0.05) is 0 Å². The van der Waals surface area contributed by atoms with Crippen molar-refractivity contribution in [3.8, 4) is 0 Å². The molecule has 4 nitrogen and oxygen atoms in total. The highest BCUT2D eigenvalue weighted by Gasteiger charge is 2.39. The van der Waals surface area contributed by atoms with E-state index >= 15 is 0 Å². The molecule has 0 atom stereocenters. The largest absolute Gasteiger partial charge is 0.494 e. The van der Waals surface area contributed by atoms with Gasteiger partial charge in [-0.05, 0) is 0 Å². The monoisotopic (exact) mass is 264 g/mol. The molecule has 0 aromatic heterocycles. The van der Waals surface area contributed by atoms with Gasteiger partial charge in [0.05, 0.1) is 6.42 Å². The summed E-state index contributed by atoms with van der Waals surface area (Å²) in [6.45, 7) is -0.361. The molecule has 0 saturated carbocycles. The molecule has 0 spiro atoms. The molecule has 9 heteroatoms. The molecule has 0 N–H and O–H groups in total. The van der Waals surface area contributed by atoms with Crippen LogP contribution < -0.4 is 0 Å². The van der Waals surface area contributed by atoms with E-state index in [4.69, 9.17) is 17.7 Å². The lowest BCUT2D eigenvalue weighted by Crippen LogP contribution is -2.51. The van der Waals surface area contributed by atoms with Crippen molar-refractivity contribution in [3.05, 3.63) is 0 Å². The molecule has 0 unspecified atom stereocenters. The molecule has 0 bridgehead atoms. The first-order valence-electron chi connectivity index (χ1n) is 4.19. The van der Waals surface area contributed by atoms with Crippen LogP contribution in [0.15, 0.2) is 0 Å². The van der Waals surface area contributed by atoms with Crippen LogP contribution in [0.1, 0.15) is 6.42 Å². The lowest BCUT2D eigenvalue weighted by atomic mass is 10.5. The smallest absolute Gasteiger partial charge is 0.418 e. The van der Waals surface area contributed by atoms with E-state index in [0.29, 0.717) is 0 Å². The Balaban J connectivity index is 3.82. The Morgan fingerprint density at radius 1 is 1.07 bits per heavy atom. The van der Waals surface area contributed by atoms with Crippen LogP contribution in [0.2, 0.25) is 0 Å². The molecule has 0 radical (unpaired) electrons. The summed E-state index contributed by atoms with van der Waals surface area (Å²) in [6.07, 6.45) is -5.15. The van der Waals surface area contributed by atoms with Crippen LogP contribution in [0.3, 0.4) is 0 Å². The van der Waals surface area contributed by atoms with E-state index in [2.05, 4.69) is 0 Å². The van der Waals surface area contributed by atoms with Crippen LogP contribution in [-0.2, 0) is 17.7 Å². The Labute approximate surface area is 89.8 Å². The second kappa shape index (κ2) is 6.60. The first kappa shape index (κ1) is 15.1. The van der Waals surface area contributed by atoms with E-state index in [0.717, 1.165) is 0 Å². The fourth-order valence-electron chi connectivity index (χ4n) is 0.812.